The summed E-state index contributed by atoms with van der Waals surface area (Å²) >= 11 is 5.91. The van der Waals surface area contributed by atoms with Crippen LogP contribution in [-0.4, -0.2) is 29.1 Å². The molecule has 0 heterocycles. The Labute approximate surface area is 164 Å². The first-order valence-corrected chi connectivity index (χ1v) is 9.37. The molecule has 0 bridgehead atoms. The van der Waals surface area contributed by atoms with Gasteiger partial charge in [0.25, 0.3) is 0 Å². The number of ketones is 1. The van der Waals surface area contributed by atoms with Crippen LogP contribution in [0, 0.1) is 11.7 Å². The molecule has 0 aliphatic carbocycles. The first-order chi connectivity index (χ1) is 12.4. The Bertz CT molecular complexity index is 697. The van der Waals surface area contributed by atoms with Crippen LogP contribution in [0.5, 0.6) is 5.75 Å². The van der Waals surface area contributed by atoms with Crippen LogP contribution in [0.2, 0.25) is 5.02 Å². The van der Waals surface area contributed by atoms with Gasteiger partial charge in [-0.25, -0.2) is 4.39 Å². The third-order valence-electron chi connectivity index (χ3n) is 3.95. The summed E-state index contributed by atoms with van der Waals surface area (Å²) < 4.78 is 25.5. The molecule has 0 radical (unpaired) electrons. The molecule has 2 unspecified atom stereocenters. The van der Waals surface area contributed by atoms with E-state index in [0.29, 0.717) is 6.42 Å². The topological polar surface area (TPSA) is 72.8 Å². The molecule has 1 aromatic rings. The average Bonchev–Trinajstić information content (AvgIpc) is 2.53. The molecule has 2 atom stereocenters. The van der Waals surface area contributed by atoms with E-state index in [4.69, 9.17) is 21.1 Å². The number of ether oxygens (including phenoxy) is 2. The predicted octanol–water partition coefficient (Wildman–Crippen LogP) is 4.87. The molecule has 7 heteroatoms. The molecule has 27 heavy (non-hydrogen) atoms. The van der Waals surface area contributed by atoms with Crippen molar-refractivity contribution in [3.8, 4) is 5.75 Å². The summed E-state index contributed by atoms with van der Waals surface area (Å²) in [6.07, 6.45) is -1.07. The number of aliphatic hydroxyl groups is 1. The summed E-state index contributed by atoms with van der Waals surface area (Å²) in [6, 6.07) is 1.19. The molecule has 0 amide bonds. The van der Waals surface area contributed by atoms with E-state index in [0.717, 1.165) is 0 Å². The lowest BCUT2D eigenvalue weighted by atomic mass is 9.92. The first-order valence-electron chi connectivity index (χ1n) is 8.99. The zero-order valence-corrected chi connectivity index (χ0v) is 17.4. The van der Waals surface area contributed by atoms with Gasteiger partial charge in [-0.15, -0.1) is 0 Å². The number of rotatable bonds is 8. The minimum absolute atomic E-state index is 0.0431. The van der Waals surface area contributed by atoms with E-state index in [-0.39, 0.29) is 40.7 Å². The van der Waals surface area contributed by atoms with Gasteiger partial charge in [-0.1, -0.05) is 18.5 Å². The highest BCUT2D eigenvalue weighted by Crippen LogP contribution is 2.39. The van der Waals surface area contributed by atoms with Gasteiger partial charge in [-0.2, -0.15) is 0 Å². The van der Waals surface area contributed by atoms with Crippen molar-refractivity contribution in [2.24, 2.45) is 5.92 Å². The van der Waals surface area contributed by atoms with Crippen molar-refractivity contribution in [1.29, 1.82) is 0 Å². The number of hydrogen-bond acceptors (Lipinski definition) is 5. The highest BCUT2D eigenvalue weighted by atomic mass is 35.5. The zero-order chi connectivity index (χ0) is 20.9. The number of benzene rings is 1. The van der Waals surface area contributed by atoms with Gasteiger partial charge in [0.1, 0.15) is 11.4 Å². The molecule has 0 aliphatic rings. The number of aliphatic hydroxyl groups excluding tert-OH is 1. The SMILES string of the molecule is CCOc1c(C(C)=O)cc(Cl)c(F)c1C(O)CC(CC)C(=O)OC(C)(C)C. The molecular weight excluding hydrogens is 375 g/mol. The monoisotopic (exact) mass is 402 g/mol. The molecule has 152 valence electrons. The summed E-state index contributed by atoms with van der Waals surface area (Å²) in [5, 5.41) is 10.4. The van der Waals surface area contributed by atoms with Gasteiger partial charge in [0.05, 0.1) is 34.8 Å². The summed E-state index contributed by atoms with van der Waals surface area (Å²) in [7, 11) is 0. The van der Waals surface area contributed by atoms with Crippen molar-refractivity contribution < 1.29 is 28.6 Å². The predicted molar refractivity (Wildman–Crippen MR) is 102 cm³/mol. The van der Waals surface area contributed by atoms with Gasteiger partial charge in [0.15, 0.2) is 11.6 Å². The number of carbonyl (C=O) groups excluding carboxylic acids is 2. The smallest absolute Gasteiger partial charge is 0.309 e. The molecule has 1 aromatic carbocycles. The summed E-state index contributed by atoms with van der Waals surface area (Å²) in [4.78, 5) is 24.3. The summed E-state index contributed by atoms with van der Waals surface area (Å²) in [5.74, 6) is -2.40. The molecule has 5 nitrogen and oxygen atoms in total. The van der Waals surface area contributed by atoms with E-state index in [2.05, 4.69) is 0 Å². The second-order valence-corrected chi connectivity index (χ2v) is 7.75. The van der Waals surface area contributed by atoms with Gasteiger partial charge in [-0.3, -0.25) is 9.59 Å². The van der Waals surface area contributed by atoms with E-state index in [1.807, 2.05) is 0 Å². The number of hydrogen-bond donors (Lipinski definition) is 1. The van der Waals surface area contributed by atoms with Crippen LogP contribution in [0.15, 0.2) is 6.07 Å². The molecule has 1 rings (SSSR count). The maximum absolute atomic E-state index is 14.7. The normalized spacial score (nSPS) is 13.8. The van der Waals surface area contributed by atoms with Crippen molar-refractivity contribution >= 4 is 23.4 Å². The van der Waals surface area contributed by atoms with Crippen LogP contribution >= 0.6 is 11.6 Å². The Balaban J connectivity index is 3.30. The van der Waals surface area contributed by atoms with Crippen molar-refractivity contribution in [3.63, 3.8) is 0 Å². The van der Waals surface area contributed by atoms with E-state index in [1.54, 1.807) is 34.6 Å². The Hall–Kier alpha value is -1.66. The van der Waals surface area contributed by atoms with Gasteiger partial charge in [0.2, 0.25) is 0 Å². The first kappa shape index (κ1) is 23.4. The van der Waals surface area contributed by atoms with Crippen LogP contribution in [0.1, 0.15) is 76.4 Å². The van der Waals surface area contributed by atoms with Gasteiger partial charge < -0.3 is 14.6 Å². The highest BCUT2D eigenvalue weighted by molar-refractivity contribution is 6.31. The maximum atomic E-state index is 14.7. The maximum Gasteiger partial charge on any atom is 0.309 e. The number of esters is 1. The molecule has 0 aliphatic heterocycles. The molecule has 0 fully saturated rings. The standard InChI is InChI=1S/C20H28ClFO5/c1-7-12(19(25)27-20(4,5)6)9-15(24)16-17(22)14(21)10-13(11(3)23)18(16)26-8-2/h10,12,15,24H,7-9H2,1-6H3. The van der Waals surface area contributed by atoms with Crippen LogP contribution in [0.4, 0.5) is 4.39 Å². The molecular formula is C20H28ClFO5. The Kier molecular flexibility index (Phi) is 8.23. The van der Waals surface area contributed by atoms with Crippen molar-refractivity contribution in [2.45, 2.75) is 66.1 Å². The van der Waals surface area contributed by atoms with Gasteiger partial charge in [-0.05, 0) is 53.5 Å². The van der Waals surface area contributed by atoms with Crippen LogP contribution in [0.3, 0.4) is 0 Å². The summed E-state index contributed by atoms with van der Waals surface area (Å²) in [6.45, 7) is 10.2. The lowest BCUT2D eigenvalue weighted by Gasteiger charge is -2.26. The van der Waals surface area contributed by atoms with Crippen molar-refractivity contribution in [3.05, 3.63) is 28.0 Å². The lowest BCUT2D eigenvalue weighted by Crippen LogP contribution is -2.29. The molecule has 0 aromatic heterocycles. The fourth-order valence-electron chi connectivity index (χ4n) is 2.69. The Morgan fingerprint density at radius 3 is 2.33 bits per heavy atom. The van der Waals surface area contributed by atoms with E-state index < -0.39 is 29.4 Å². The van der Waals surface area contributed by atoms with E-state index >= 15 is 0 Å². The Morgan fingerprint density at radius 2 is 1.89 bits per heavy atom. The fourth-order valence-corrected chi connectivity index (χ4v) is 2.90. The fraction of sp³-hybridized carbons (Fsp3) is 0.600. The third kappa shape index (κ3) is 6.18. The lowest BCUT2D eigenvalue weighted by molar-refractivity contribution is -0.161. The minimum atomic E-state index is -1.39. The molecule has 0 saturated carbocycles. The average molecular weight is 403 g/mol. The quantitative estimate of drug-likeness (QED) is 0.496. The largest absolute Gasteiger partial charge is 0.493 e. The van der Waals surface area contributed by atoms with E-state index in [1.165, 1.54) is 13.0 Å². The minimum Gasteiger partial charge on any atom is -0.493 e. The number of halogens is 2. The number of carbonyl (C=O) groups is 2. The van der Waals surface area contributed by atoms with Crippen LogP contribution in [0.25, 0.3) is 0 Å². The van der Waals surface area contributed by atoms with Crippen molar-refractivity contribution in [1.82, 2.24) is 0 Å². The van der Waals surface area contributed by atoms with Gasteiger partial charge >= 0.3 is 5.97 Å². The highest BCUT2D eigenvalue weighted by Gasteiger charge is 2.31. The van der Waals surface area contributed by atoms with Gasteiger partial charge in [0, 0.05) is 0 Å². The molecule has 0 saturated heterocycles. The summed E-state index contributed by atoms with van der Waals surface area (Å²) in [5.41, 5.74) is -0.797. The number of Topliss-reactive ketones (excluding diaryl/α,β-unsaturated/α-hetero) is 1. The second kappa shape index (κ2) is 9.51. The molecule has 1 N–H and O–H groups in total. The van der Waals surface area contributed by atoms with Crippen LogP contribution < -0.4 is 4.74 Å². The second-order valence-electron chi connectivity index (χ2n) is 7.34. The Morgan fingerprint density at radius 1 is 1.30 bits per heavy atom. The van der Waals surface area contributed by atoms with E-state index in [9.17, 15) is 19.1 Å². The third-order valence-corrected chi connectivity index (χ3v) is 4.22. The van der Waals surface area contributed by atoms with Crippen molar-refractivity contribution in [2.75, 3.05) is 6.61 Å². The zero-order valence-electron chi connectivity index (χ0n) is 16.7. The van der Waals surface area contributed by atoms with Crippen LogP contribution in [-0.2, 0) is 9.53 Å². The molecule has 0 spiro atoms.